The summed E-state index contributed by atoms with van der Waals surface area (Å²) in [6.45, 7) is 3.99. The van der Waals surface area contributed by atoms with E-state index in [0.29, 0.717) is 29.2 Å². The highest BCUT2D eigenvalue weighted by molar-refractivity contribution is 5.61. The van der Waals surface area contributed by atoms with Gasteiger partial charge < -0.3 is 14.6 Å². The summed E-state index contributed by atoms with van der Waals surface area (Å²) in [5, 5.41) is 12.4. The third-order valence-electron chi connectivity index (χ3n) is 5.61. The average Bonchev–Trinajstić information content (AvgIpc) is 3.44. The summed E-state index contributed by atoms with van der Waals surface area (Å²) in [4.78, 5) is 8.92. The number of aryl methyl sites for hydroxylation is 2. The van der Waals surface area contributed by atoms with Crippen molar-refractivity contribution in [3.05, 3.63) is 77.9 Å². The van der Waals surface area contributed by atoms with E-state index >= 15 is 0 Å². The molecule has 3 aromatic heterocycles. The highest BCUT2D eigenvalue weighted by Gasteiger charge is 2.38. The molecule has 0 aliphatic heterocycles. The lowest BCUT2D eigenvalue weighted by atomic mass is 10.1. The van der Waals surface area contributed by atoms with Crippen LogP contribution in [0.15, 0.2) is 61.1 Å². The van der Waals surface area contributed by atoms with Crippen LogP contribution in [0.1, 0.15) is 29.2 Å². The quantitative estimate of drug-likeness (QED) is 0.508. The zero-order valence-electron chi connectivity index (χ0n) is 17.8. The van der Waals surface area contributed by atoms with Crippen LogP contribution in [0, 0.1) is 13.8 Å². The fourth-order valence-electron chi connectivity index (χ4n) is 3.83. The molecule has 7 nitrogen and oxygen atoms in total. The fraction of sp³-hybridized carbons (Fsp3) is 0.250. The number of hydrogen-bond donors (Lipinski definition) is 1. The molecule has 1 N–H and O–H groups in total. The molecule has 0 spiro atoms. The molecule has 1 fully saturated rings. The number of nitrogens with zero attached hydrogens (tertiary/aromatic N) is 5. The topological polar surface area (TPSA) is 77.8 Å². The summed E-state index contributed by atoms with van der Waals surface area (Å²) >= 11 is 0. The maximum atomic E-state index is 5.52. The van der Waals surface area contributed by atoms with Crippen molar-refractivity contribution in [1.82, 2.24) is 24.7 Å². The van der Waals surface area contributed by atoms with E-state index in [1.54, 1.807) is 13.4 Å². The van der Waals surface area contributed by atoms with Gasteiger partial charge in [0, 0.05) is 18.2 Å². The summed E-state index contributed by atoms with van der Waals surface area (Å²) in [5.41, 5.74) is 5.60. The van der Waals surface area contributed by atoms with E-state index < -0.39 is 0 Å². The number of anilines is 1. The molecule has 3 heterocycles. The predicted molar refractivity (Wildman–Crippen MR) is 120 cm³/mol. The van der Waals surface area contributed by atoms with Crippen molar-refractivity contribution in [2.75, 3.05) is 12.4 Å². The average molecular weight is 412 g/mol. The van der Waals surface area contributed by atoms with Crippen LogP contribution in [0.3, 0.4) is 0 Å². The molecular formula is C24H24N6O. The lowest BCUT2D eigenvalue weighted by Gasteiger charge is -2.11. The molecule has 7 heteroatoms. The molecule has 0 radical (unpaired) electrons. The molecule has 1 aromatic carbocycles. The fourth-order valence-corrected chi connectivity index (χ4v) is 3.83. The standard InChI is InChI=1S/C24H24N6O/c1-15-11-21(19-9-10-22(24(27-19)31-3)30-13-16(2)25-14-30)28-29-23(15)26-20-12-18(20)17-7-5-4-6-8-17/h4-11,13-14,18,20H,12H2,1-3H3,(H,26,29)/t18-,20+/m0/s1. The number of rotatable bonds is 6. The van der Waals surface area contributed by atoms with Gasteiger partial charge >= 0.3 is 0 Å². The van der Waals surface area contributed by atoms with Gasteiger partial charge in [0.05, 0.1) is 24.8 Å². The molecule has 2 atom stereocenters. The van der Waals surface area contributed by atoms with Crippen LogP contribution < -0.4 is 10.1 Å². The minimum atomic E-state index is 0.400. The number of benzene rings is 1. The maximum absolute atomic E-state index is 5.52. The lowest BCUT2D eigenvalue weighted by molar-refractivity contribution is 0.396. The van der Waals surface area contributed by atoms with Gasteiger partial charge in [-0.25, -0.2) is 9.97 Å². The van der Waals surface area contributed by atoms with Crippen molar-refractivity contribution >= 4 is 5.82 Å². The first-order valence-electron chi connectivity index (χ1n) is 10.3. The van der Waals surface area contributed by atoms with Crippen molar-refractivity contribution in [1.29, 1.82) is 0 Å². The first-order chi connectivity index (χ1) is 15.1. The van der Waals surface area contributed by atoms with E-state index in [1.807, 2.05) is 42.8 Å². The number of hydrogen-bond acceptors (Lipinski definition) is 6. The Balaban J connectivity index is 1.35. The Labute approximate surface area is 181 Å². The zero-order chi connectivity index (χ0) is 21.4. The van der Waals surface area contributed by atoms with Crippen molar-refractivity contribution in [3.63, 3.8) is 0 Å². The maximum Gasteiger partial charge on any atom is 0.238 e. The van der Waals surface area contributed by atoms with E-state index in [4.69, 9.17) is 4.74 Å². The summed E-state index contributed by atoms with van der Waals surface area (Å²) in [6, 6.07) is 16.9. The summed E-state index contributed by atoms with van der Waals surface area (Å²) < 4.78 is 7.42. The molecule has 0 bridgehead atoms. The second kappa shape index (κ2) is 7.83. The number of nitrogens with one attached hydrogen (secondary N) is 1. The molecule has 1 aliphatic rings. The largest absolute Gasteiger partial charge is 0.479 e. The summed E-state index contributed by atoms with van der Waals surface area (Å²) in [5.74, 6) is 1.87. The highest BCUT2D eigenvalue weighted by Crippen LogP contribution is 2.42. The van der Waals surface area contributed by atoms with Crippen molar-refractivity contribution in [3.8, 4) is 23.0 Å². The monoisotopic (exact) mass is 412 g/mol. The predicted octanol–water partition coefficient (Wildman–Crippen LogP) is 4.32. The number of aromatic nitrogens is 5. The van der Waals surface area contributed by atoms with Crippen LogP contribution in [0.25, 0.3) is 17.1 Å². The Kier molecular flexibility index (Phi) is 4.86. The summed E-state index contributed by atoms with van der Waals surface area (Å²) in [7, 11) is 1.61. The van der Waals surface area contributed by atoms with E-state index in [-0.39, 0.29) is 0 Å². The van der Waals surface area contributed by atoms with Gasteiger partial charge in [0.2, 0.25) is 5.88 Å². The van der Waals surface area contributed by atoms with Gasteiger partial charge in [0.15, 0.2) is 5.82 Å². The third-order valence-corrected chi connectivity index (χ3v) is 5.61. The van der Waals surface area contributed by atoms with Gasteiger partial charge in [0.25, 0.3) is 0 Å². The number of imidazole rings is 1. The van der Waals surface area contributed by atoms with E-state index in [2.05, 4.69) is 55.8 Å². The Hall–Kier alpha value is -3.74. The van der Waals surface area contributed by atoms with E-state index in [9.17, 15) is 0 Å². The van der Waals surface area contributed by atoms with Crippen molar-refractivity contribution < 1.29 is 4.74 Å². The van der Waals surface area contributed by atoms with Gasteiger partial charge in [-0.3, -0.25) is 0 Å². The molecule has 5 rings (SSSR count). The first kappa shape index (κ1) is 19.2. The van der Waals surface area contributed by atoms with Gasteiger partial charge in [-0.1, -0.05) is 30.3 Å². The normalized spacial score (nSPS) is 17.4. The van der Waals surface area contributed by atoms with Gasteiger partial charge in [-0.2, -0.15) is 0 Å². The molecule has 0 unspecified atom stereocenters. The van der Waals surface area contributed by atoms with Crippen LogP contribution in [0.4, 0.5) is 5.82 Å². The molecule has 156 valence electrons. The third kappa shape index (κ3) is 3.86. The lowest BCUT2D eigenvalue weighted by Crippen LogP contribution is -2.09. The SMILES string of the molecule is COc1nc(-c2cc(C)c(N[C@@H]3C[C@H]3c3ccccc3)nn2)ccc1-n1cnc(C)c1. The number of ether oxygens (including phenoxy) is 1. The van der Waals surface area contributed by atoms with E-state index in [1.165, 1.54) is 5.56 Å². The minimum Gasteiger partial charge on any atom is -0.479 e. The Morgan fingerprint density at radius 2 is 1.87 bits per heavy atom. The van der Waals surface area contributed by atoms with Gasteiger partial charge in [-0.15, -0.1) is 10.2 Å². The molecule has 31 heavy (non-hydrogen) atoms. The summed E-state index contributed by atoms with van der Waals surface area (Å²) in [6.07, 6.45) is 4.80. The second-order valence-corrected chi connectivity index (χ2v) is 7.91. The molecule has 4 aromatic rings. The smallest absolute Gasteiger partial charge is 0.238 e. The molecule has 1 saturated carbocycles. The minimum absolute atomic E-state index is 0.400. The van der Waals surface area contributed by atoms with Crippen LogP contribution >= 0.6 is 0 Å². The Bertz CT molecular complexity index is 1220. The Morgan fingerprint density at radius 1 is 1.03 bits per heavy atom. The van der Waals surface area contributed by atoms with Crippen LogP contribution in [-0.2, 0) is 0 Å². The molecule has 1 aliphatic carbocycles. The van der Waals surface area contributed by atoms with E-state index in [0.717, 1.165) is 29.2 Å². The molecule has 0 amide bonds. The molecule has 0 saturated heterocycles. The van der Waals surface area contributed by atoms with Crippen LogP contribution in [0.2, 0.25) is 0 Å². The number of methoxy groups -OCH3 is 1. The van der Waals surface area contributed by atoms with Crippen LogP contribution in [-0.4, -0.2) is 37.9 Å². The molecular weight excluding hydrogens is 388 g/mol. The Morgan fingerprint density at radius 3 is 2.58 bits per heavy atom. The zero-order valence-corrected chi connectivity index (χ0v) is 17.8. The second-order valence-electron chi connectivity index (χ2n) is 7.91. The highest BCUT2D eigenvalue weighted by atomic mass is 16.5. The first-order valence-corrected chi connectivity index (χ1v) is 10.3. The van der Waals surface area contributed by atoms with Crippen molar-refractivity contribution in [2.45, 2.75) is 32.2 Å². The van der Waals surface area contributed by atoms with Gasteiger partial charge in [-0.05, 0) is 49.6 Å². The van der Waals surface area contributed by atoms with Crippen LogP contribution in [0.5, 0.6) is 5.88 Å². The van der Waals surface area contributed by atoms with Gasteiger partial charge in [0.1, 0.15) is 11.4 Å². The number of pyridine rings is 1. The van der Waals surface area contributed by atoms with Crippen molar-refractivity contribution in [2.24, 2.45) is 0 Å².